The summed E-state index contributed by atoms with van der Waals surface area (Å²) in [6.45, 7) is 1.38. The van der Waals surface area contributed by atoms with Gasteiger partial charge in [0.1, 0.15) is 0 Å². The zero-order chi connectivity index (χ0) is 13.8. The number of hydrogen-bond donors (Lipinski definition) is 2. The van der Waals surface area contributed by atoms with E-state index in [1.54, 1.807) is 6.07 Å². The summed E-state index contributed by atoms with van der Waals surface area (Å²) < 4.78 is 10.4. The molecule has 0 unspecified atom stereocenters. The number of halogens is 1. The molecule has 2 rings (SSSR count). The average Bonchev–Trinajstić information content (AvgIpc) is 2.47. The molecular formula is C14H19ClN2O3. The fourth-order valence-electron chi connectivity index (χ4n) is 2.43. The van der Waals surface area contributed by atoms with Crippen molar-refractivity contribution in [2.24, 2.45) is 11.7 Å². The van der Waals surface area contributed by atoms with Gasteiger partial charge in [-0.1, -0.05) is 0 Å². The Morgan fingerprint density at radius 2 is 2.10 bits per heavy atom. The summed E-state index contributed by atoms with van der Waals surface area (Å²) in [5.41, 5.74) is 7.25. The van der Waals surface area contributed by atoms with Crippen molar-refractivity contribution in [1.82, 2.24) is 0 Å². The molecule has 1 aliphatic heterocycles. The quantitative estimate of drug-likeness (QED) is 0.892. The Morgan fingerprint density at radius 1 is 1.45 bits per heavy atom. The van der Waals surface area contributed by atoms with Gasteiger partial charge in [-0.25, -0.2) is 0 Å². The summed E-state index contributed by atoms with van der Waals surface area (Å²) in [6.07, 6.45) is 1.72. The maximum absolute atomic E-state index is 10.2. The van der Waals surface area contributed by atoms with Gasteiger partial charge in [-0.15, -0.1) is 12.4 Å². The molecule has 0 spiro atoms. The summed E-state index contributed by atoms with van der Waals surface area (Å²) in [5, 5.41) is 19.2. The van der Waals surface area contributed by atoms with E-state index in [0.717, 1.165) is 12.8 Å². The molecule has 0 aliphatic carbocycles. The molecule has 110 valence electrons. The van der Waals surface area contributed by atoms with Crippen LogP contribution in [0.1, 0.15) is 30.0 Å². The van der Waals surface area contributed by atoms with Crippen LogP contribution >= 0.6 is 12.4 Å². The summed E-state index contributed by atoms with van der Waals surface area (Å²) in [6, 6.07) is 4.89. The summed E-state index contributed by atoms with van der Waals surface area (Å²) in [4.78, 5) is 0. The third-order valence-corrected chi connectivity index (χ3v) is 3.59. The first-order valence-electron chi connectivity index (χ1n) is 6.31. The zero-order valence-electron chi connectivity index (χ0n) is 11.3. The number of phenols is 1. The smallest absolute Gasteiger partial charge is 0.162 e. The number of rotatable bonds is 3. The van der Waals surface area contributed by atoms with Crippen molar-refractivity contribution in [3.63, 3.8) is 0 Å². The molecule has 1 aromatic carbocycles. The van der Waals surface area contributed by atoms with E-state index >= 15 is 0 Å². The van der Waals surface area contributed by atoms with Gasteiger partial charge in [-0.05, 0) is 24.8 Å². The second kappa shape index (κ2) is 7.34. The molecule has 0 radical (unpaired) electrons. The van der Waals surface area contributed by atoms with Gasteiger partial charge in [0.25, 0.3) is 0 Å². The minimum absolute atomic E-state index is 0. The molecule has 5 nitrogen and oxygen atoms in total. The number of nitrogens with zero attached hydrogens (tertiary/aromatic N) is 1. The first kappa shape index (κ1) is 16.6. The second-order valence-electron chi connectivity index (χ2n) is 4.70. The van der Waals surface area contributed by atoms with E-state index < -0.39 is 0 Å². The number of methoxy groups -OCH3 is 1. The van der Waals surface area contributed by atoms with Crippen LogP contribution in [0.3, 0.4) is 0 Å². The number of hydrogen-bond acceptors (Lipinski definition) is 5. The third-order valence-electron chi connectivity index (χ3n) is 3.59. The number of nitriles is 1. The number of phenolic OH excluding ortho intramolecular Hbond substituents is 1. The molecule has 1 saturated heterocycles. The van der Waals surface area contributed by atoms with Crippen molar-refractivity contribution in [2.45, 2.75) is 18.9 Å². The topological polar surface area (TPSA) is 88.5 Å². The third kappa shape index (κ3) is 3.34. The first-order valence-corrected chi connectivity index (χ1v) is 6.31. The Morgan fingerprint density at radius 3 is 2.65 bits per heavy atom. The van der Waals surface area contributed by atoms with E-state index in [2.05, 4.69) is 6.07 Å². The summed E-state index contributed by atoms with van der Waals surface area (Å²) >= 11 is 0. The van der Waals surface area contributed by atoms with Crippen LogP contribution in [-0.2, 0) is 4.74 Å². The lowest BCUT2D eigenvalue weighted by Crippen LogP contribution is -2.27. The van der Waals surface area contributed by atoms with Crippen molar-refractivity contribution in [3.8, 4) is 17.6 Å². The van der Waals surface area contributed by atoms with E-state index in [1.807, 2.05) is 0 Å². The molecular weight excluding hydrogens is 280 g/mol. The number of nitrogens with two attached hydrogens (primary N) is 1. The van der Waals surface area contributed by atoms with Gasteiger partial charge in [-0.2, -0.15) is 5.26 Å². The molecule has 0 bridgehead atoms. The fraction of sp³-hybridized carbons (Fsp3) is 0.500. The minimum atomic E-state index is -0.314. The van der Waals surface area contributed by atoms with Crippen LogP contribution in [0.5, 0.6) is 11.5 Å². The van der Waals surface area contributed by atoms with Crippen LogP contribution in [0, 0.1) is 17.2 Å². The second-order valence-corrected chi connectivity index (χ2v) is 4.70. The Balaban J connectivity index is 0.00000200. The average molecular weight is 299 g/mol. The fourth-order valence-corrected chi connectivity index (χ4v) is 2.43. The molecule has 20 heavy (non-hydrogen) atoms. The van der Waals surface area contributed by atoms with Gasteiger partial charge >= 0.3 is 0 Å². The van der Waals surface area contributed by atoms with E-state index in [-0.39, 0.29) is 35.9 Å². The predicted octanol–water partition coefficient (Wildman–Crippen LogP) is 2.12. The van der Waals surface area contributed by atoms with Crippen molar-refractivity contribution in [2.75, 3.05) is 20.3 Å². The van der Waals surface area contributed by atoms with Crippen molar-refractivity contribution in [3.05, 3.63) is 23.3 Å². The number of ether oxygens (including phenoxy) is 2. The highest BCUT2D eigenvalue weighted by Gasteiger charge is 2.26. The van der Waals surface area contributed by atoms with Crippen LogP contribution in [0.15, 0.2) is 12.1 Å². The first-order chi connectivity index (χ1) is 9.17. The SMILES string of the molecule is COc1cc(C#N)cc([C@H](N)C2CCOCC2)c1O.Cl. The molecule has 0 saturated carbocycles. The molecule has 1 aromatic rings. The lowest BCUT2D eigenvalue weighted by molar-refractivity contribution is 0.0581. The van der Waals surface area contributed by atoms with Gasteiger partial charge in [0.05, 0.1) is 18.7 Å². The van der Waals surface area contributed by atoms with Gasteiger partial charge in [-0.3, -0.25) is 0 Å². The molecule has 3 N–H and O–H groups in total. The lowest BCUT2D eigenvalue weighted by atomic mass is 9.86. The van der Waals surface area contributed by atoms with Crippen molar-refractivity contribution >= 4 is 12.4 Å². The minimum Gasteiger partial charge on any atom is -0.504 e. The predicted molar refractivity (Wildman–Crippen MR) is 77.1 cm³/mol. The monoisotopic (exact) mass is 298 g/mol. The molecule has 1 fully saturated rings. The molecule has 6 heteroatoms. The zero-order valence-corrected chi connectivity index (χ0v) is 12.2. The van der Waals surface area contributed by atoms with Gasteiger partial charge in [0.15, 0.2) is 11.5 Å². The highest BCUT2D eigenvalue weighted by Crippen LogP contribution is 2.38. The van der Waals surface area contributed by atoms with E-state index in [1.165, 1.54) is 13.2 Å². The number of benzene rings is 1. The maximum Gasteiger partial charge on any atom is 0.162 e. The Bertz CT molecular complexity index is 496. The highest BCUT2D eigenvalue weighted by atomic mass is 35.5. The van der Waals surface area contributed by atoms with Gasteiger partial charge in [0, 0.05) is 30.9 Å². The van der Waals surface area contributed by atoms with Crippen LogP contribution in [-0.4, -0.2) is 25.4 Å². The highest BCUT2D eigenvalue weighted by molar-refractivity contribution is 5.85. The Labute approximate surface area is 124 Å². The van der Waals surface area contributed by atoms with Gasteiger partial charge in [0.2, 0.25) is 0 Å². The van der Waals surface area contributed by atoms with Crippen LogP contribution < -0.4 is 10.5 Å². The maximum atomic E-state index is 10.2. The standard InChI is InChI=1S/C14H18N2O3.ClH/c1-18-12-7-9(8-15)6-11(14(12)17)13(16)10-2-4-19-5-3-10;/h6-7,10,13,17H,2-5,16H2,1H3;1H/t13-;/m1./s1. The van der Waals surface area contributed by atoms with E-state index in [4.69, 9.17) is 20.5 Å². The molecule has 1 aliphatic rings. The summed E-state index contributed by atoms with van der Waals surface area (Å²) in [7, 11) is 1.46. The van der Waals surface area contributed by atoms with Crippen LogP contribution in [0.2, 0.25) is 0 Å². The molecule has 0 amide bonds. The van der Waals surface area contributed by atoms with Crippen molar-refractivity contribution in [1.29, 1.82) is 5.26 Å². The molecule has 1 atom stereocenters. The Hall–Kier alpha value is -1.48. The van der Waals surface area contributed by atoms with E-state index in [0.29, 0.717) is 24.3 Å². The lowest BCUT2D eigenvalue weighted by Gasteiger charge is -2.28. The normalized spacial score (nSPS) is 16.9. The van der Waals surface area contributed by atoms with Gasteiger partial charge < -0.3 is 20.3 Å². The number of aromatic hydroxyl groups is 1. The largest absolute Gasteiger partial charge is 0.504 e. The molecule has 1 heterocycles. The molecule has 0 aromatic heterocycles. The summed E-state index contributed by atoms with van der Waals surface area (Å²) in [5.74, 6) is 0.565. The van der Waals surface area contributed by atoms with E-state index in [9.17, 15) is 5.11 Å². The van der Waals surface area contributed by atoms with Crippen LogP contribution in [0.25, 0.3) is 0 Å². The van der Waals surface area contributed by atoms with Crippen LogP contribution in [0.4, 0.5) is 0 Å². The van der Waals surface area contributed by atoms with Crippen molar-refractivity contribution < 1.29 is 14.6 Å². The Kier molecular flexibility index (Phi) is 6.08.